The summed E-state index contributed by atoms with van der Waals surface area (Å²) in [7, 11) is 0. The Morgan fingerprint density at radius 3 is 2.00 bits per heavy atom. The SMILES string of the molecule is CC(C)CNC(=O)CNC(=O)NC(C)(C)C(C)(C)C(=O)O. The third kappa shape index (κ3) is 6.01. The van der Waals surface area contributed by atoms with Crippen LogP contribution in [0.3, 0.4) is 0 Å². The van der Waals surface area contributed by atoms with Crippen LogP contribution in [0.4, 0.5) is 4.79 Å². The Kier molecular flexibility index (Phi) is 6.66. The van der Waals surface area contributed by atoms with Crippen LogP contribution in [-0.2, 0) is 9.59 Å². The predicted molar refractivity (Wildman–Crippen MR) is 79.9 cm³/mol. The number of urea groups is 1. The number of hydrogen-bond acceptors (Lipinski definition) is 3. The largest absolute Gasteiger partial charge is 0.481 e. The monoisotopic (exact) mass is 301 g/mol. The van der Waals surface area contributed by atoms with Crippen LogP contribution in [0.5, 0.6) is 0 Å². The highest BCUT2D eigenvalue weighted by molar-refractivity contribution is 5.85. The van der Waals surface area contributed by atoms with Gasteiger partial charge in [0.05, 0.1) is 17.5 Å². The molecular formula is C14H27N3O4. The van der Waals surface area contributed by atoms with E-state index in [1.807, 2.05) is 13.8 Å². The molecule has 7 nitrogen and oxygen atoms in total. The lowest BCUT2D eigenvalue weighted by atomic mass is 9.74. The summed E-state index contributed by atoms with van der Waals surface area (Å²) < 4.78 is 0. The first-order chi connectivity index (χ1) is 9.40. The number of hydrogen-bond donors (Lipinski definition) is 4. The van der Waals surface area contributed by atoms with Crippen LogP contribution in [0.1, 0.15) is 41.5 Å². The molecule has 0 saturated heterocycles. The number of carbonyl (C=O) groups is 3. The van der Waals surface area contributed by atoms with Gasteiger partial charge in [0.2, 0.25) is 5.91 Å². The Labute approximate surface area is 125 Å². The standard InChI is InChI=1S/C14H27N3O4/c1-9(2)7-15-10(18)8-16-12(21)17-14(5,6)13(3,4)11(19)20/h9H,7-8H2,1-6H3,(H,15,18)(H,19,20)(H2,16,17,21). The van der Waals surface area contributed by atoms with Crippen molar-refractivity contribution in [2.45, 2.75) is 47.1 Å². The molecule has 0 atom stereocenters. The van der Waals surface area contributed by atoms with Gasteiger partial charge in [-0.25, -0.2) is 4.79 Å². The molecule has 0 aliphatic heterocycles. The number of rotatable bonds is 7. The molecule has 4 N–H and O–H groups in total. The topological polar surface area (TPSA) is 108 Å². The molecule has 0 bridgehead atoms. The van der Waals surface area contributed by atoms with Gasteiger partial charge >= 0.3 is 12.0 Å². The molecule has 0 saturated carbocycles. The molecule has 7 heteroatoms. The fraction of sp³-hybridized carbons (Fsp3) is 0.786. The van der Waals surface area contributed by atoms with Crippen molar-refractivity contribution < 1.29 is 19.5 Å². The second-order valence-corrected chi connectivity index (χ2v) is 6.56. The second kappa shape index (κ2) is 7.28. The summed E-state index contributed by atoms with van der Waals surface area (Å²) in [6.45, 7) is 10.6. The first kappa shape index (κ1) is 19.2. The smallest absolute Gasteiger partial charge is 0.315 e. The highest BCUT2D eigenvalue weighted by Crippen LogP contribution is 2.30. The minimum Gasteiger partial charge on any atom is -0.481 e. The highest BCUT2D eigenvalue weighted by Gasteiger charge is 2.44. The Bertz CT molecular complexity index is 403. The van der Waals surface area contributed by atoms with E-state index in [0.717, 1.165) is 0 Å². The fourth-order valence-electron chi connectivity index (χ4n) is 1.29. The van der Waals surface area contributed by atoms with E-state index in [2.05, 4.69) is 16.0 Å². The van der Waals surface area contributed by atoms with Crippen LogP contribution in [0.2, 0.25) is 0 Å². The van der Waals surface area contributed by atoms with E-state index in [1.165, 1.54) is 13.8 Å². The van der Waals surface area contributed by atoms with Gasteiger partial charge in [0.25, 0.3) is 0 Å². The molecule has 0 aromatic heterocycles. The van der Waals surface area contributed by atoms with Gasteiger partial charge in [-0.1, -0.05) is 13.8 Å². The Balaban J connectivity index is 4.38. The molecule has 0 heterocycles. The number of amides is 3. The third-order valence-corrected chi connectivity index (χ3v) is 3.64. The average Bonchev–Trinajstić information content (AvgIpc) is 2.32. The summed E-state index contributed by atoms with van der Waals surface area (Å²) in [6, 6.07) is -0.575. The van der Waals surface area contributed by atoms with Crippen LogP contribution >= 0.6 is 0 Å². The zero-order valence-corrected chi connectivity index (χ0v) is 13.7. The number of carbonyl (C=O) groups excluding carboxylic acids is 2. The van der Waals surface area contributed by atoms with Crippen molar-refractivity contribution in [2.24, 2.45) is 11.3 Å². The highest BCUT2D eigenvalue weighted by atomic mass is 16.4. The fourth-order valence-corrected chi connectivity index (χ4v) is 1.29. The summed E-state index contributed by atoms with van der Waals surface area (Å²) in [5, 5.41) is 16.9. The molecule has 0 rings (SSSR count). The molecule has 0 aromatic carbocycles. The van der Waals surface area contributed by atoms with Crippen LogP contribution in [-0.4, -0.2) is 41.6 Å². The zero-order valence-electron chi connectivity index (χ0n) is 13.7. The van der Waals surface area contributed by atoms with Crippen molar-refractivity contribution in [2.75, 3.05) is 13.1 Å². The summed E-state index contributed by atoms with van der Waals surface area (Å²) in [5.41, 5.74) is -2.12. The van der Waals surface area contributed by atoms with Crippen LogP contribution in [0.25, 0.3) is 0 Å². The van der Waals surface area contributed by atoms with Gasteiger partial charge in [-0.2, -0.15) is 0 Å². The number of nitrogens with one attached hydrogen (secondary N) is 3. The van der Waals surface area contributed by atoms with Crippen molar-refractivity contribution in [3.63, 3.8) is 0 Å². The van der Waals surface area contributed by atoms with Crippen molar-refractivity contribution in [1.82, 2.24) is 16.0 Å². The number of carboxylic acids is 1. The van der Waals surface area contributed by atoms with Crippen molar-refractivity contribution in [1.29, 1.82) is 0 Å². The molecule has 0 spiro atoms. The predicted octanol–water partition coefficient (Wildman–Crippen LogP) is 0.947. The molecule has 0 fully saturated rings. The third-order valence-electron chi connectivity index (χ3n) is 3.64. The maximum absolute atomic E-state index is 11.8. The molecule has 122 valence electrons. The van der Waals surface area contributed by atoms with Gasteiger partial charge in [0.15, 0.2) is 0 Å². The average molecular weight is 301 g/mol. The van der Waals surface area contributed by atoms with Gasteiger partial charge in [-0.3, -0.25) is 9.59 Å². The van der Waals surface area contributed by atoms with Crippen molar-refractivity contribution in [3.05, 3.63) is 0 Å². The molecular weight excluding hydrogens is 274 g/mol. The minimum atomic E-state index is -1.15. The lowest BCUT2D eigenvalue weighted by Gasteiger charge is -2.38. The van der Waals surface area contributed by atoms with Gasteiger partial charge in [-0.05, 0) is 33.6 Å². The molecule has 3 amide bonds. The lowest BCUT2D eigenvalue weighted by molar-refractivity contribution is -0.150. The summed E-state index contributed by atoms with van der Waals surface area (Å²) in [5.74, 6) is -0.963. The van der Waals surface area contributed by atoms with Crippen molar-refractivity contribution >= 4 is 17.9 Å². The van der Waals surface area contributed by atoms with E-state index in [9.17, 15) is 19.5 Å². The van der Waals surface area contributed by atoms with E-state index in [1.54, 1.807) is 13.8 Å². The van der Waals surface area contributed by atoms with Crippen LogP contribution < -0.4 is 16.0 Å². The molecule has 0 unspecified atom stereocenters. The molecule has 0 radical (unpaired) electrons. The van der Waals surface area contributed by atoms with E-state index < -0.39 is 23.0 Å². The van der Waals surface area contributed by atoms with Crippen molar-refractivity contribution in [3.8, 4) is 0 Å². The summed E-state index contributed by atoms with van der Waals surface area (Å²) >= 11 is 0. The number of aliphatic carboxylic acids is 1. The maximum atomic E-state index is 11.8. The molecule has 0 aliphatic carbocycles. The van der Waals surface area contributed by atoms with E-state index in [0.29, 0.717) is 12.5 Å². The maximum Gasteiger partial charge on any atom is 0.315 e. The van der Waals surface area contributed by atoms with Gasteiger partial charge in [0, 0.05) is 6.54 Å². The lowest BCUT2D eigenvalue weighted by Crippen LogP contribution is -2.59. The second-order valence-electron chi connectivity index (χ2n) is 6.56. The molecule has 0 aromatic rings. The van der Waals surface area contributed by atoms with Gasteiger partial charge in [-0.15, -0.1) is 0 Å². The Hall–Kier alpha value is -1.79. The zero-order chi connectivity index (χ0) is 16.8. The van der Waals surface area contributed by atoms with E-state index in [-0.39, 0.29) is 12.5 Å². The summed E-state index contributed by atoms with van der Waals surface area (Å²) in [6.07, 6.45) is 0. The van der Waals surface area contributed by atoms with Crippen LogP contribution in [0, 0.1) is 11.3 Å². The van der Waals surface area contributed by atoms with E-state index in [4.69, 9.17) is 0 Å². The first-order valence-corrected chi connectivity index (χ1v) is 6.96. The normalized spacial score (nSPS) is 12.0. The quantitative estimate of drug-likeness (QED) is 0.561. The van der Waals surface area contributed by atoms with Crippen LogP contribution in [0.15, 0.2) is 0 Å². The Morgan fingerprint density at radius 2 is 1.57 bits per heavy atom. The summed E-state index contributed by atoms with van der Waals surface area (Å²) in [4.78, 5) is 34.5. The molecule has 0 aliphatic rings. The number of carboxylic acid groups (broad SMARTS) is 1. The van der Waals surface area contributed by atoms with E-state index >= 15 is 0 Å². The Morgan fingerprint density at radius 1 is 1.05 bits per heavy atom. The minimum absolute atomic E-state index is 0.151. The molecule has 21 heavy (non-hydrogen) atoms. The van der Waals surface area contributed by atoms with Gasteiger partial charge < -0.3 is 21.1 Å². The van der Waals surface area contributed by atoms with Gasteiger partial charge in [0.1, 0.15) is 0 Å². The first-order valence-electron chi connectivity index (χ1n) is 6.96.